The molecule has 0 atom stereocenters. The number of rotatable bonds is 2. The molecule has 20 heavy (non-hydrogen) atoms. The Labute approximate surface area is 121 Å². The lowest BCUT2D eigenvalue weighted by Crippen LogP contribution is -2.35. The molecule has 1 aliphatic carbocycles. The Balaban J connectivity index is 1.86. The van der Waals surface area contributed by atoms with Gasteiger partial charge in [0.1, 0.15) is 10.7 Å². The number of aromatic nitrogens is 2. The molecule has 0 amide bonds. The number of pyridine rings is 1. The lowest BCUT2D eigenvalue weighted by atomic mass is 9.64. The van der Waals surface area contributed by atoms with E-state index in [0.717, 1.165) is 35.4 Å². The largest absolute Gasteiger partial charge is 0.440 e. The summed E-state index contributed by atoms with van der Waals surface area (Å²) in [5.74, 6) is 0.800. The lowest BCUT2D eigenvalue weighted by molar-refractivity contribution is 0.244. The maximum absolute atomic E-state index is 5.99. The third kappa shape index (κ3) is 1.66. The SMILES string of the molecule is Clc1ccc(C2(c3nc4ccccc4o3)CCC2)cn1. The molecule has 4 rings (SSSR count). The van der Waals surface area contributed by atoms with Crippen molar-refractivity contribution in [1.29, 1.82) is 0 Å². The van der Waals surface area contributed by atoms with Gasteiger partial charge in [0.15, 0.2) is 5.58 Å². The van der Waals surface area contributed by atoms with Crippen LogP contribution >= 0.6 is 11.6 Å². The van der Waals surface area contributed by atoms with Crippen molar-refractivity contribution in [3.63, 3.8) is 0 Å². The van der Waals surface area contributed by atoms with Gasteiger partial charge in [-0.1, -0.05) is 36.2 Å². The van der Waals surface area contributed by atoms with E-state index in [0.29, 0.717) is 5.15 Å². The van der Waals surface area contributed by atoms with Gasteiger partial charge >= 0.3 is 0 Å². The summed E-state index contributed by atoms with van der Waals surface area (Å²) >= 11 is 5.88. The third-order valence-electron chi connectivity index (χ3n) is 4.19. The molecule has 3 aromatic rings. The molecule has 0 bridgehead atoms. The van der Waals surface area contributed by atoms with Gasteiger partial charge in [-0.2, -0.15) is 0 Å². The first kappa shape index (κ1) is 11.9. The van der Waals surface area contributed by atoms with E-state index in [1.165, 1.54) is 6.42 Å². The van der Waals surface area contributed by atoms with Crippen LogP contribution in [0, 0.1) is 0 Å². The minimum Gasteiger partial charge on any atom is -0.440 e. The molecule has 0 spiro atoms. The molecule has 0 saturated heterocycles. The van der Waals surface area contributed by atoms with E-state index in [1.807, 2.05) is 42.6 Å². The summed E-state index contributed by atoms with van der Waals surface area (Å²) in [6, 6.07) is 11.7. The molecule has 2 heterocycles. The molecule has 1 aromatic carbocycles. The quantitative estimate of drug-likeness (QED) is 0.657. The highest BCUT2D eigenvalue weighted by molar-refractivity contribution is 6.29. The molecule has 4 heteroatoms. The minimum absolute atomic E-state index is 0.128. The van der Waals surface area contributed by atoms with E-state index in [1.54, 1.807) is 0 Å². The lowest BCUT2D eigenvalue weighted by Gasteiger charge is -2.39. The molecule has 1 fully saturated rings. The Morgan fingerprint density at radius 2 is 1.95 bits per heavy atom. The molecule has 0 N–H and O–H groups in total. The fourth-order valence-corrected chi connectivity index (χ4v) is 3.00. The van der Waals surface area contributed by atoms with Crippen molar-refractivity contribution in [2.45, 2.75) is 24.7 Å². The smallest absolute Gasteiger partial charge is 0.206 e. The van der Waals surface area contributed by atoms with Crippen molar-refractivity contribution in [2.24, 2.45) is 0 Å². The number of para-hydroxylation sites is 2. The number of halogens is 1. The van der Waals surface area contributed by atoms with Gasteiger partial charge in [-0.05, 0) is 36.6 Å². The highest BCUT2D eigenvalue weighted by Gasteiger charge is 2.45. The summed E-state index contributed by atoms with van der Waals surface area (Å²) in [5.41, 5.74) is 2.77. The molecule has 2 aromatic heterocycles. The summed E-state index contributed by atoms with van der Waals surface area (Å²) in [6.45, 7) is 0. The zero-order valence-electron chi connectivity index (χ0n) is 10.8. The van der Waals surface area contributed by atoms with Crippen molar-refractivity contribution >= 4 is 22.7 Å². The maximum Gasteiger partial charge on any atom is 0.206 e. The molecule has 1 aliphatic rings. The first-order valence-electron chi connectivity index (χ1n) is 6.76. The second-order valence-corrected chi connectivity index (χ2v) is 5.68. The Morgan fingerprint density at radius 3 is 2.60 bits per heavy atom. The van der Waals surface area contributed by atoms with E-state index in [-0.39, 0.29) is 5.41 Å². The van der Waals surface area contributed by atoms with Crippen LogP contribution in [0.4, 0.5) is 0 Å². The van der Waals surface area contributed by atoms with Crippen LogP contribution < -0.4 is 0 Å². The summed E-state index contributed by atoms with van der Waals surface area (Å²) in [7, 11) is 0. The predicted molar refractivity (Wildman–Crippen MR) is 77.9 cm³/mol. The van der Waals surface area contributed by atoms with Gasteiger partial charge in [-0.3, -0.25) is 0 Å². The summed E-state index contributed by atoms with van der Waals surface area (Å²) < 4.78 is 5.99. The number of fused-ring (bicyclic) bond motifs is 1. The number of hydrogen-bond acceptors (Lipinski definition) is 3. The minimum atomic E-state index is -0.128. The highest BCUT2D eigenvalue weighted by atomic mass is 35.5. The van der Waals surface area contributed by atoms with Crippen LogP contribution in [0.25, 0.3) is 11.1 Å². The zero-order valence-corrected chi connectivity index (χ0v) is 11.6. The van der Waals surface area contributed by atoms with Gasteiger partial charge in [0.2, 0.25) is 5.89 Å². The van der Waals surface area contributed by atoms with Gasteiger partial charge in [-0.15, -0.1) is 0 Å². The Morgan fingerprint density at radius 1 is 1.10 bits per heavy atom. The monoisotopic (exact) mass is 284 g/mol. The first-order chi connectivity index (χ1) is 9.78. The molecule has 1 saturated carbocycles. The van der Waals surface area contributed by atoms with Gasteiger partial charge in [-0.25, -0.2) is 9.97 Å². The van der Waals surface area contributed by atoms with Crippen molar-refractivity contribution in [2.75, 3.05) is 0 Å². The number of nitrogens with zero attached hydrogens (tertiary/aromatic N) is 2. The van der Waals surface area contributed by atoms with Crippen LogP contribution in [0.2, 0.25) is 5.15 Å². The van der Waals surface area contributed by atoms with Gasteiger partial charge in [0.05, 0.1) is 5.41 Å². The molecule has 0 radical (unpaired) electrons. The average molecular weight is 285 g/mol. The Kier molecular flexibility index (Phi) is 2.57. The first-order valence-corrected chi connectivity index (χ1v) is 7.14. The van der Waals surface area contributed by atoms with Crippen molar-refractivity contribution in [1.82, 2.24) is 9.97 Å². The van der Waals surface area contributed by atoms with Crippen molar-refractivity contribution < 1.29 is 4.42 Å². The van der Waals surface area contributed by atoms with Crippen LogP contribution in [0.15, 0.2) is 47.0 Å². The van der Waals surface area contributed by atoms with E-state index >= 15 is 0 Å². The molecule has 100 valence electrons. The molecule has 0 unspecified atom stereocenters. The van der Waals surface area contributed by atoms with Crippen LogP contribution in [0.5, 0.6) is 0 Å². The zero-order chi connectivity index (χ0) is 13.6. The highest BCUT2D eigenvalue weighted by Crippen LogP contribution is 2.49. The average Bonchev–Trinajstić information content (AvgIpc) is 2.83. The fourth-order valence-electron chi connectivity index (χ4n) is 2.89. The maximum atomic E-state index is 5.99. The molecule has 3 nitrogen and oxygen atoms in total. The van der Waals surface area contributed by atoms with Gasteiger partial charge < -0.3 is 4.42 Å². The second-order valence-electron chi connectivity index (χ2n) is 5.29. The Hall–Kier alpha value is -1.87. The fraction of sp³-hybridized carbons (Fsp3) is 0.250. The molecular weight excluding hydrogens is 272 g/mol. The van der Waals surface area contributed by atoms with Crippen LogP contribution in [0.3, 0.4) is 0 Å². The van der Waals surface area contributed by atoms with Crippen LogP contribution in [0.1, 0.15) is 30.7 Å². The van der Waals surface area contributed by atoms with Gasteiger partial charge in [0, 0.05) is 6.20 Å². The molecular formula is C16H13ClN2O. The topological polar surface area (TPSA) is 38.9 Å². The van der Waals surface area contributed by atoms with E-state index in [9.17, 15) is 0 Å². The third-order valence-corrected chi connectivity index (χ3v) is 4.41. The number of hydrogen-bond donors (Lipinski definition) is 0. The predicted octanol–water partition coefficient (Wildman–Crippen LogP) is 4.35. The molecule has 0 aliphatic heterocycles. The van der Waals surface area contributed by atoms with E-state index in [2.05, 4.69) is 9.97 Å². The van der Waals surface area contributed by atoms with Crippen LogP contribution in [-0.4, -0.2) is 9.97 Å². The van der Waals surface area contributed by atoms with Crippen molar-refractivity contribution in [3.8, 4) is 0 Å². The van der Waals surface area contributed by atoms with Gasteiger partial charge in [0.25, 0.3) is 0 Å². The number of benzene rings is 1. The summed E-state index contributed by atoms with van der Waals surface area (Å²) in [6.07, 6.45) is 5.12. The van der Waals surface area contributed by atoms with E-state index < -0.39 is 0 Å². The van der Waals surface area contributed by atoms with Crippen molar-refractivity contribution in [3.05, 3.63) is 59.2 Å². The Bertz CT molecular complexity index is 727. The standard InChI is InChI=1S/C16H13ClN2O/c17-14-7-6-11(10-18-14)16(8-3-9-16)15-19-12-4-1-2-5-13(12)20-15/h1-2,4-7,10H,3,8-9H2. The van der Waals surface area contributed by atoms with E-state index in [4.69, 9.17) is 16.0 Å². The number of oxazole rings is 1. The summed E-state index contributed by atoms with van der Waals surface area (Å²) in [4.78, 5) is 8.88. The normalized spacial score (nSPS) is 17.1. The van der Waals surface area contributed by atoms with Crippen LogP contribution in [-0.2, 0) is 5.41 Å². The second kappa shape index (κ2) is 4.32. The summed E-state index contributed by atoms with van der Waals surface area (Å²) in [5, 5.41) is 0.515.